The Hall–Kier alpha value is -0.900. The van der Waals surface area contributed by atoms with Crippen LogP contribution >= 0.6 is 0 Å². The van der Waals surface area contributed by atoms with E-state index in [1.807, 2.05) is 11.6 Å². The Labute approximate surface area is 97.5 Å². The summed E-state index contributed by atoms with van der Waals surface area (Å²) in [6.07, 6.45) is 5.68. The lowest BCUT2D eigenvalue weighted by Crippen LogP contribution is -2.36. The first-order valence-corrected chi connectivity index (χ1v) is 6.23. The van der Waals surface area contributed by atoms with Crippen LogP contribution in [0.15, 0.2) is 6.33 Å². The number of nitrogens with zero attached hydrogens (tertiary/aromatic N) is 3. The number of hydrogen-bond donors (Lipinski definition) is 1. The first kappa shape index (κ1) is 11.6. The third-order valence-electron chi connectivity index (χ3n) is 3.95. The van der Waals surface area contributed by atoms with E-state index < -0.39 is 0 Å². The van der Waals surface area contributed by atoms with Gasteiger partial charge in [-0.3, -0.25) is 0 Å². The van der Waals surface area contributed by atoms with Crippen LogP contribution in [-0.4, -0.2) is 20.8 Å². The van der Waals surface area contributed by atoms with Crippen LogP contribution in [0.1, 0.15) is 38.9 Å². The van der Waals surface area contributed by atoms with Gasteiger partial charge in [-0.15, -0.1) is 10.2 Å². The normalized spacial score (nSPS) is 30.6. The molecule has 1 N–H and O–H groups in total. The van der Waals surface area contributed by atoms with Crippen LogP contribution < -0.4 is 5.32 Å². The molecule has 90 valence electrons. The molecule has 1 aromatic heterocycles. The summed E-state index contributed by atoms with van der Waals surface area (Å²) in [7, 11) is 1.99. The molecule has 16 heavy (non-hydrogen) atoms. The minimum Gasteiger partial charge on any atom is -0.320 e. The van der Waals surface area contributed by atoms with E-state index in [0.717, 1.165) is 24.2 Å². The fourth-order valence-corrected chi connectivity index (χ4v) is 2.44. The zero-order valence-electron chi connectivity index (χ0n) is 10.5. The molecule has 1 saturated carbocycles. The molecular formula is C12H22N4. The number of hydrogen-bond acceptors (Lipinski definition) is 3. The van der Waals surface area contributed by atoms with Crippen molar-refractivity contribution in [1.82, 2.24) is 20.1 Å². The lowest BCUT2D eigenvalue weighted by molar-refractivity contribution is 0.224. The topological polar surface area (TPSA) is 42.7 Å². The molecule has 2 rings (SSSR count). The lowest BCUT2D eigenvalue weighted by atomic mass is 9.79. The van der Waals surface area contributed by atoms with Crippen molar-refractivity contribution in [3.05, 3.63) is 12.2 Å². The summed E-state index contributed by atoms with van der Waals surface area (Å²) >= 11 is 0. The molecule has 1 heterocycles. The van der Waals surface area contributed by atoms with Crippen molar-refractivity contribution in [3.8, 4) is 0 Å². The van der Waals surface area contributed by atoms with E-state index in [0.29, 0.717) is 6.04 Å². The largest absolute Gasteiger partial charge is 0.320 e. The van der Waals surface area contributed by atoms with Crippen molar-refractivity contribution >= 4 is 0 Å². The molecule has 0 saturated heterocycles. The minimum absolute atomic E-state index is 0.655. The second-order valence-corrected chi connectivity index (χ2v) is 5.20. The van der Waals surface area contributed by atoms with Crippen molar-refractivity contribution in [2.45, 2.75) is 45.7 Å². The highest BCUT2D eigenvalue weighted by Crippen LogP contribution is 2.29. The third-order valence-corrected chi connectivity index (χ3v) is 3.95. The van der Waals surface area contributed by atoms with Gasteiger partial charge in [0, 0.05) is 13.1 Å². The van der Waals surface area contributed by atoms with Gasteiger partial charge in [0.25, 0.3) is 0 Å². The summed E-state index contributed by atoms with van der Waals surface area (Å²) in [6, 6.07) is 0.655. The maximum atomic E-state index is 4.08. The maximum Gasteiger partial charge on any atom is 0.146 e. The van der Waals surface area contributed by atoms with Gasteiger partial charge in [0.05, 0.1) is 6.54 Å². The molecule has 0 aromatic carbocycles. The molecule has 1 aromatic rings. The summed E-state index contributed by atoms with van der Waals surface area (Å²) in [6.45, 7) is 5.56. The Morgan fingerprint density at radius 3 is 2.81 bits per heavy atom. The second kappa shape index (κ2) is 4.95. The van der Waals surface area contributed by atoms with Crippen molar-refractivity contribution < 1.29 is 0 Å². The predicted molar refractivity (Wildman–Crippen MR) is 63.8 cm³/mol. The molecular weight excluding hydrogens is 200 g/mol. The quantitative estimate of drug-likeness (QED) is 0.847. The van der Waals surface area contributed by atoms with Crippen LogP contribution in [0.25, 0.3) is 0 Å². The van der Waals surface area contributed by atoms with Crippen molar-refractivity contribution in [2.24, 2.45) is 18.9 Å². The van der Waals surface area contributed by atoms with Gasteiger partial charge in [0.2, 0.25) is 0 Å². The number of nitrogens with one attached hydrogen (secondary N) is 1. The molecule has 1 fully saturated rings. The predicted octanol–water partition coefficient (Wildman–Crippen LogP) is 1.73. The molecule has 4 nitrogen and oxygen atoms in total. The molecule has 3 atom stereocenters. The zero-order valence-corrected chi connectivity index (χ0v) is 10.5. The Balaban J connectivity index is 1.81. The van der Waals surface area contributed by atoms with E-state index in [1.54, 1.807) is 6.33 Å². The van der Waals surface area contributed by atoms with Crippen LogP contribution in [0.4, 0.5) is 0 Å². The molecule has 0 radical (unpaired) electrons. The summed E-state index contributed by atoms with van der Waals surface area (Å²) in [5.74, 6) is 2.74. The summed E-state index contributed by atoms with van der Waals surface area (Å²) in [4.78, 5) is 0. The first-order chi connectivity index (χ1) is 7.66. The number of aromatic nitrogens is 3. The van der Waals surface area contributed by atoms with E-state index in [1.165, 1.54) is 19.3 Å². The Bertz CT molecular complexity index is 334. The molecule has 0 bridgehead atoms. The second-order valence-electron chi connectivity index (χ2n) is 5.20. The van der Waals surface area contributed by atoms with Gasteiger partial charge in [-0.2, -0.15) is 0 Å². The highest BCUT2D eigenvalue weighted by Gasteiger charge is 2.24. The summed E-state index contributed by atoms with van der Waals surface area (Å²) in [5, 5.41) is 11.6. The molecule has 3 unspecified atom stereocenters. The fourth-order valence-electron chi connectivity index (χ4n) is 2.44. The third kappa shape index (κ3) is 2.61. The monoisotopic (exact) mass is 222 g/mol. The van der Waals surface area contributed by atoms with Gasteiger partial charge in [0.1, 0.15) is 12.2 Å². The number of rotatable bonds is 3. The van der Waals surface area contributed by atoms with Crippen molar-refractivity contribution in [2.75, 3.05) is 0 Å². The Kier molecular flexibility index (Phi) is 3.59. The fraction of sp³-hybridized carbons (Fsp3) is 0.833. The standard InChI is InChI=1S/C12H22N4/c1-9-4-5-11(6-10(9)2)13-7-12-15-14-8-16(12)3/h8-11,13H,4-7H2,1-3H3. The summed E-state index contributed by atoms with van der Waals surface area (Å²) in [5.41, 5.74) is 0. The van der Waals surface area contributed by atoms with E-state index in [4.69, 9.17) is 0 Å². The average Bonchev–Trinajstić information content (AvgIpc) is 2.66. The van der Waals surface area contributed by atoms with Crippen LogP contribution in [0.3, 0.4) is 0 Å². The maximum absolute atomic E-state index is 4.08. The lowest BCUT2D eigenvalue weighted by Gasteiger charge is -2.32. The molecule has 0 aliphatic heterocycles. The smallest absolute Gasteiger partial charge is 0.146 e. The van der Waals surface area contributed by atoms with Gasteiger partial charge in [-0.1, -0.05) is 13.8 Å². The Morgan fingerprint density at radius 2 is 2.19 bits per heavy atom. The van der Waals surface area contributed by atoms with Crippen LogP contribution in [0, 0.1) is 11.8 Å². The van der Waals surface area contributed by atoms with E-state index in [9.17, 15) is 0 Å². The zero-order chi connectivity index (χ0) is 11.5. The van der Waals surface area contributed by atoms with Crippen LogP contribution in [0.2, 0.25) is 0 Å². The highest BCUT2D eigenvalue weighted by atomic mass is 15.3. The SMILES string of the molecule is CC1CCC(NCc2nncn2C)CC1C. The number of aryl methyl sites for hydroxylation is 1. The molecule has 1 aliphatic rings. The van der Waals surface area contributed by atoms with Gasteiger partial charge in [0.15, 0.2) is 0 Å². The Morgan fingerprint density at radius 1 is 1.38 bits per heavy atom. The highest BCUT2D eigenvalue weighted by molar-refractivity contribution is 4.86. The van der Waals surface area contributed by atoms with Crippen molar-refractivity contribution in [1.29, 1.82) is 0 Å². The molecule has 4 heteroatoms. The van der Waals surface area contributed by atoms with Crippen molar-refractivity contribution in [3.63, 3.8) is 0 Å². The first-order valence-electron chi connectivity index (χ1n) is 6.23. The van der Waals surface area contributed by atoms with E-state index >= 15 is 0 Å². The van der Waals surface area contributed by atoms with Crippen LogP contribution in [0.5, 0.6) is 0 Å². The van der Waals surface area contributed by atoms with Gasteiger partial charge in [-0.05, 0) is 31.1 Å². The summed E-state index contributed by atoms with van der Waals surface area (Å²) < 4.78 is 1.97. The van der Waals surface area contributed by atoms with E-state index in [2.05, 4.69) is 29.4 Å². The van der Waals surface area contributed by atoms with Gasteiger partial charge in [-0.25, -0.2) is 0 Å². The molecule has 0 amide bonds. The van der Waals surface area contributed by atoms with E-state index in [-0.39, 0.29) is 0 Å². The van der Waals surface area contributed by atoms with Gasteiger partial charge >= 0.3 is 0 Å². The average molecular weight is 222 g/mol. The molecule has 1 aliphatic carbocycles. The molecule has 0 spiro atoms. The van der Waals surface area contributed by atoms with Crippen LogP contribution in [-0.2, 0) is 13.6 Å². The van der Waals surface area contributed by atoms with Gasteiger partial charge < -0.3 is 9.88 Å². The minimum atomic E-state index is 0.655.